The van der Waals surface area contributed by atoms with Crippen LogP contribution in [0.25, 0.3) is 10.8 Å². The molecule has 1 aliphatic carbocycles. The van der Waals surface area contributed by atoms with E-state index < -0.39 is 35.2 Å². The van der Waals surface area contributed by atoms with Crippen molar-refractivity contribution in [2.45, 2.75) is 43.5 Å². The number of halogens is 4. The summed E-state index contributed by atoms with van der Waals surface area (Å²) in [6, 6.07) is 5.58. The molecule has 0 spiro atoms. The highest BCUT2D eigenvalue weighted by Gasteiger charge is 2.64. The molecule has 10 heteroatoms. The van der Waals surface area contributed by atoms with Crippen molar-refractivity contribution in [3.8, 4) is 5.75 Å². The van der Waals surface area contributed by atoms with Crippen molar-refractivity contribution in [2.75, 3.05) is 5.32 Å². The third-order valence-corrected chi connectivity index (χ3v) is 6.42. The molecule has 0 bridgehead atoms. The monoisotopic (exact) mass is 467 g/mol. The first-order chi connectivity index (χ1) is 14.8. The highest BCUT2D eigenvalue weighted by molar-refractivity contribution is 6.32. The molecule has 170 valence electrons. The van der Waals surface area contributed by atoms with Crippen LogP contribution in [0.2, 0.25) is 5.02 Å². The fourth-order valence-electron chi connectivity index (χ4n) is 4.66. The summed E-state index contributed by atoms with van der Waals surface area (Å²) in [6.07, 6.45) is -4.33. The Morgan fingerprint density at radius 1 is 1.22 bits per heavy atom. The lowest BCUT2D eigenvalue weighted by atomic mass is 9.63. The molecule has 2 atom stereocenters. The zero-order chi connectivity index (χ0) is 23.6. The number of aryl methyl sites for hydroxylation is 1. The number of phenolic OH excluding ortho intramolecular Hbond substituents is 1. The number of anilines is 1. The van der Waals surface area contributed by atoms with Crippen LogP contribution < -0.4 is 10.9 Å². The number of alkyl halides is 3. The van der Waals surface area contributed by atoms with Crippen LogP contribution in [0, 0.1) is 0 Å². The van der Waals surface area contributed by atoms with Gasteiger partial charge in [-0.15, -0.1) is 0 Å². The Hall–Kier alpha value is -2.78. The molecule has 2 aromatic carbocycles. The largest absolute Gasteiger partial charge is 0.506 e. The number of hydrogen-bond donors (Lipinski definition) is 3. The average Bonchev–Trinajstić information content (AvgIpc) is 2.69. The number of nitrogens with one attached hydrogen (secondary N) is 1. The van der Waals surface area contributed by atoms with Gasteiger partial charge in [0.25, 0.3) is 5.56 Å². The van der Waals surface area contributed by atoms with Crippen LogP contribution in [0.15, 0.2) is 41.3 Å². The Kier molecular flexibility index (Phi) is 4.98. The van der Waals surface area contributed by atoms with Crippen molar-refractivity contribution in [3.05, 3.63) is 63.0 Å². The molecule has 4 rings (SSSR count). The van der Waals surface area contributed by atoms with Crippen LogP contribution >= 0.6 is 11.6 Å². The average molecular weight is 468 g/mol. The van der Waals surface area contributed by atoms with Crippen LogP contribution in [-0.2, 0) is 12.5 Å². The Bertz CT molecular complexity index is 1290. The van der Waals surface area contributed by atoms with Crippen molar-refractivity contribution < 1.29 is 23.4 Å². The minimum absolute atomic E-state index is 0.00545. The number of aromatic nitrogens is 2. The molecule has 0 fully saturated rings. The van der Waals surface area contributed by atoms with Gasteiger partial charge in [0.05, 0.1) is 22.6 Å². The Balaban J connectivity index is 1.98. The Labute approximate surface area is 186 Å². The zero-order valence-corrected chi connectivity index (χ0v) is 18.2. The molecule has 0 saturated carbocycles. The zero-order valence-electron chi connectivity index (χ0n) is 17.5. The third kappa shape index (κ3) is 3.22. The first-order valence-electron chi connectivity index (χ1n) is 9.80. The van der Waals surface area contributed by atoms with E-state index in [2.05, 4.69) is 10.4 Å². The molecule has 0 amide bonds. The van der Waals surface area contributed by atoms with E-state index in [9.17, 15) is 28.2 Å². The van der Waals surface area contributed by atoms with Crippen molar-refractivity contribution in [2.24, 2.45) is 7.05 Å². The van der Waals surface area contributed by atoms with Gasteiger partial charge in [-0.05, 0) is 35.6 Å². The third-order valence-electron chi connectivity index (χ3n) is 6.12. The Morgan fingerprint density at radius 3 is 2.56 bits per heavy atom. The summed E-state index contributed by atoms with van der Waals surface area (Å²) in [6.45, 7) is 3.03. The van der Waals surface area contributed by atoms with Gasteiger partial charge in [0.1, 0.15) is 5.75 Å². The van der Waals surface area contributed by atoms with Gasteiger partial charge in [-0.25, -0.2) is 4.68 Å². The first-order valence-corrected chi connectivity index (χ1v) is 10.2. The van der Waals surface area contributed by atoms with Gasteiger partial charge in [0.2, 0.25) is 0 Å². The SMILES string of the molecule is Cn1ncc2c(NC3c4ccc(Cl)c(O)c4C(C)(C)CC3(O)C(F)(F)F)cccc2c1=O. The molecule has 32 heavy (non-hydrogen) atoms. The summed E-state index contributed by atoms with van der Waals surface area (Å²) in [5.74, 6) is -0.321. The summed E-state index contributed by atoms with van der Waals surface area (Å²) in [5.41, 5.74) is -4.32. The van der Waals surface area contributed by atoms with E-state index in [4.69, 9.17) is 11.6 Å². The summed E-state index contributed by atoms with van der Waals surface area (Å²) < 4.78 is 44.0. The van der Waals surface area contributed by atoms with Crippen molar-refractivity contribution >= 4 is 28.1 Å². The second-order valence-corrected chi connectivity index (χ2v) is 9.17. The minimum atomic E-state index is -4.99. The molecule has 0 aliphatic heterocycles. The molecule has 3 N–H and O–H groups in total. The van der Waals surface area contributed by atoms with Gasteiger partial charge >= 0.3 is 6.18 Å². The second kappa shape index (κ2) is 7.11. The topological polar surface area (TPSA) is 87.4 Å². The van der Waals surface area contributed by atoms with Crippen LogP contribution in [0.5, 0.6) is 5.75 Å². The molecule has 1 aromatic heterocycles. The van der Waals surface area contributed by atoms with E-state index in [0.29, 0.717) is 5.39 Å². The van der Waals surface area contributed by atoms with Crippen molar-refractivity contribution in [3.63, 3.8) is 0 Å². The van der Waals surface area contributed by atoms with E-state index in [1.54, 1.807) is 6.07 Å². The summed E-state index contributed by atoms with van der Waals surface area (Å²) >= 11 is 6.05. The maximum absolute atomic E-state index is 14.3. The van der Waals surface area contributed by atoms with E-state index in [1.807, 2.05) is 0 Å². The lowest BCUT2D eigenvalue weighted by Crippen LogP contribution is -2.58. The predicted octanol–water partition coefficient (Wildman–Crippen LogP) is 4.42. The standard InChI is InChI=1S/C22H21ClF3N3O3/c1-20(2)10-21(32,22(24,25)26)18(12-7-8-14(23)17(30)16(12)20)28-15-6-4-5-11-13(15)9-27-29(3)19(11)31/h4-9,18,28,30,32H,10H2,1-3H3. The quantitative estimate of drug-likeness (QED) is 0.519. The Morgan fingerprint density at radius 2 is 1.91 bits per heavy atom. The minimum Gasteiger partial charge on any atom is -0.506 e. The number of aliphatic hydroxyl groups is 1. The number of nitrogens with zero attached hydrogens (tertiary/aromatic N) is 2. The molecule has 6 nitrogen and oxygen atoms in total. The number of benzene rings is 2. The summed E-state index contributed by atoms with van der Waals surface area (Å²) in [4.78, 5) is 12.4. The predicted molar refractivity (Wildman–Crippen MR) is 115 cm³/mol. The van der Waals surface area contributed by atoms with Crippen molar-refractivity contribution in [1.82, 2.24) is 9.78 Å². The highest BCUT2D eigenvalue weighted by Crippen LogP contribution is 2.57. The lowest BCUT2D eigenvalue weighted by Gasteiger charge is -2.49. The van der Waals surface area contributed by atoms with E-state index in [1.165, 1.54) is 51.4 Å². The van der Waals surface area contributed by atoms with Gasteiger partial charge in [-0.3, -0.25) is 4.79 Å². The molecule has 3 aromatic rings. The lowest BCUT2D eigenvalue weighted by molar-refractivity contribution is -0.275. The molecule has 0 radical (unpaired) electrons. The smallest absolute Gasteiger partial charge is 0.419 e. The van der Waals surface area contributed by atoms with Crippen LogP contribution in [0.1, 0.15) is 37.4 Å². The maximum atomic E-state index is 14.3. The normalized spacial score (nSPS) is 22.6. The van der Waals surface area contributed by atoms with Gasteiger partial charge < -0.3 is 15.5 Å². The van der Waals surface area contributed by atoms with E-state index >= 15 is 0 Å². The molecule has 1 heterocycles. The molecular formula is C22H21ClF3N3O3. The summed E-state index contributed by atoms with van der Waals surface area (Å²) in [7, 11) is 1.47. The van der Waals surface area contributed by atoms with E-state index in [-0.39, 0.29) is 33.0 Å². The van der Waals surface area contributed by atoms with E-state index in [0.717, 1.165) is 4.68 Å². The number of aromatic hydroxyl groups is 1. The van der Waals surface area contributed by atoms with Gasteiger partial charge in [0.15, 0.2) is 5.60 Å². The molecule has 1 aliphatic rings. The number of hydrogen-bond acceptors (Lipinski definition) is 5. The van der Waals surface area contributed by atoms with Crippen LogP contribution in [-0.4, -0.2) is 31.8 Å². The van der Waals surface area contributed by atoms with Crippen LogP contribution in [0.4, 0.5) is 18.9 Å². The van der Waals surface area contributed by atoms with Gasteiger partial charge in [0, 0.05) is 23.7 Å². The fraction of sp³-hybridized carbons (Fsp3) is 0.364. The summed E-state index contributed by atoms with van der Waals surface area (Å²) in [5, 5.41) is 29.0. The van der Waals surface area contributed by atoms with Crippen molar-refractivity contribution in [1.29, 1.82) is 0 Å². The fourth-order valence-corrected chi connectivity index (χ4v) is 4.82. The number of phenols is 1. The first kappa shape index (κ1) is 22.4. The second-order valence-electron chi connectivity index (χ2n) is 8.76. The molecular weight excluding hydrogens is 447 g/mol. The molecule has 2 unspecified atom stereocenters. The molecule has 0 saturated heterocycles. The number of rotatable bonds is 2. The highest BCUT2D eigenvalue weighted by atomic mass is 35.5. The van der Waals surface area contributed by atoms with Crippen LogP contribution in [0.3, 0.4) is 0 Å². The van der Waals surface area contributed by atoms with Gasteiger partial charge in [-0.1, -0.05) is 37.6 Å². The maximum Gasteiger partial charge on any atom is 0.419 e. The van der Waals surface area contributed by atoms with Gasteiger partial charge in [-0.2, -0.15) is 18.3 Å². The number of fused-ring (bicyclic) bond motifs is 2.